The van der Waals surface area contributed by atoms with Gasteiger partial charge in [0.2, 0.25) is 0 Å². The van der Waals surface area contributed by atoms with Crippen molar-refractivity contribution in [3.05, 3.63) is 47.3 Å². The van der Waals surface area contributed by atoms with Crippen molar-refractivity contribution in [3.63, 3.8) is 0 Å². The number of ether oxygens (including phenoxy) is 1. The van der Waals surface area contributed by atoms with Gasteiger partial charge < -0.3 is 4.74 Å². The lowest BCUT2D eigenvalue weighted by Gasteiger charge is -2.05. The summed E-state index contributed by atoms with van der Waals surface area (Å²) in [5.74, 6) is 0.496. The Morgan fingerprint density at radius 2 is 2.13 bits per heavy atom. The number of carbonyl (C=O) groups excluding carboxylic acids is 1. The van der Waals surface area contributed by atoms with E-state index in [1.165, 1.54) is 12.8 Å². The molecule has 1 amide bonds. The summed E-state index contributed by atoms with van der Waals surface area (Å²) in [5, 5.41) is 10.5. The van der Waals surface area contributed by atoms with Crippen LogP contribution in [0.3, 0.4) is 0 Å². The van der Waals surface area contributed by atoms with Crippen LogP contribution in [0.4, 0.5) is 0 Å². The molecule has 1 aromatic carbocycles. The zero-order valence-corrected chi connectivity index (χ0v) is 13.5. The van der Waals surface area contributed by atoms with Crippen molar-refractivity contribution in [2.45, 2.75) is 33.1 Å². The molecule has 0 unspecified atom stereocenters. The van der Waals surface area contributed by atoms with E-state index in [1.807, 2.05) is 31.2 Å². The highest BCUT2D eigenvalue weighted by molar-refractivity contribution is 5.93. The number of rotatable bonds is 8. The van der Waals surface area contributed by atoms with Crippen molar-refractivity contribution in [2.75, 3.05) is 6.61 Å². The average molecular weight is 314 g/mol. The smallest absolute Gasteiger partial charge is 0.291 e. The first kappa shape index (κ1) is 16.7. The number of hydrazone groups is 1. The molecule has 0 bridgehead atoms. The molecule has 0 saturated heterocycles. The molecule has 0 aliphatic carbocycles. The Kier molecular flexibility index (Phi) is 6.35. The van der Waals surface area contributed by atoms with Crippen molar-refractivity contribution >= 4 is 12.1 Å². The maximum absolute atomic E-state index is 11.7. The second-order valence-corrected chi connectivity index (χ2v) is 5.26. The number of nitrogens with one attached hydrogen (secondary N) is 2. The van der Waals surface area contributed by atoms with Crippen LogP contribution in [0, 0.1) is 6.92 Å². The van der Waals surface area contributed by atoms with E-state index in [0.29, 0.717) is 5.69 Å². The van der Waals surface area contributed by atoms with Crippen LogP contribution in [0.15, 0.2) is 35.4 Å². The van der Waals surface area contributed by atoms with Crippen molar-refractivity contribution < 1.29 is 9.53 Å². The molecule has 6 heteroatoms. The fraction of sp³-hybridized carbons (Fsp3) is 0.353. The van der Waals surface area contributed by atoms with Crippen LogP contribution in [0.25, 0.3) is 0 Å². The monoisotopic (exact) mass is 314 g/mol. The Morgan fingerprint density at radius 3 is 2.78 bits per heavy atom. The molecule has 2 rings (SSSR count). The minimum absolute atomic E-state index is 0.315. The third-order valence-electron chi connectivity index (χ3n) is 3.22. The molecule has 0 spiro atoms. The average Bonchev–Trinajstić information content (AvgIpc) is 2.99. The Balaban J connectivity index is 1.79. The molecule has 0 atom stereocenters. The fourth-order valence-corrected chi connectivity index (χ4v) is 1.95. The molecule has 0 saturated carbocycles. The third kappa shape index (κ3) is 5.58. The van der Waals surface area contributed by atoms with Crippen LogP contribution in [-0.4, -0.2) is 28.9 Å². The number of aromatic amines is 1. The van der Waals surface area contributed by atoms with Gasteiger partial charge in [0, 0.05) is 5.69 Å². The van der Waals surface area contributed by atoms with Gasteiger partial charge in [0.15, 0.2) is 5.69 Å². The fourth-order valence-electron chi connectivity index (χ4n) is 1.95. The molecule has 0 aliphatic heterocycles. The Bertz CT molecular complexity index is 647. The van der Waals surface area contributed by atoms with E-state index in [1.54, 1.807) is 12.3 Å². The van der Waals surface area contributed by atoms with Gasteiger partial charge in [0.05, 0.1) is 12.8 Å². The lowest BCUT2D eigenvalue weighted by molar-refractivity contribution is 0.0950. The third-order valence-corrected chi connectivity index (χ3v) is 3.22. The molecule has 0 fully saturated rings. The van der Waals surface area contributed by atoms with Crippen molar-refractivity contribution in [3.8, 4) is 5.75 Å². The van der Waals surface area contributed by atoms with Crippen molar-refractivity contribution in [1.82, 2.24) is 15.6 Å². The first-order valence-corrected chi connectivity index (χ1v) is 7.77. The van der Waals surface area contributed by atoms with Gasteiger partial charge in [-0.25, -0.2) is 5.43 Å². The van der Waals surface area contributed by atoms with Crippen molar-refractivity contribution in [2.24, 2.45) is 5.10 Å². The standard InChI is InChI=1S/C17H22N4O2/c1-3-4-5-10-23-15-8-6-14(7-9-15)12-18-21-17(22)16-11-13(2)19-20-16/h6-9,11-12H,3-5,10H2,1-2H3,(H,19,20)(H,21,22)/b18-12+. The Hall–Kier alpha value is -2.63. The zero-order valence-electron chi connectivity index (χ0n) is 13.5. The van der Waals surface area contributed by atoms with Gasteiger partial charge in [-0.2, -0.15) is 10.2 Å². The first-order valence-electron chi connectivity index (χ1n) is 7.77. The summed E-state index contributed by atoms with van der Waals surface area (Å²) in [6.07, 6.45) is 5.01. The number of nitrogens with zero attached hydrogens (tertiary/aromatic N) is 2. The van der Waals surface area contributed by atoms with Crippen molar-refractivity contribution in [1.29, 1.82) is 0 Å². The zero-order chi connectivity index (χ0) is 16.5. The first-order chi connectivity index (χ1) is 11.2. The number of amides is 1. The minimum Gasteiger partial charge on any atom is -0.494 e. The van der Waals surface area contributed by atoms with Crippen LogP contribution in [0.2, 0.25) is 0 Å². The summed E-state index contributed by atoms with van der Waals surface area (Å²) >= 11 is 0. The second kappa shape index (κ2) is 8.73. The number of hydrogen-bond acceptors (Lipinski definition) is 4. The van der Waals surface area contributed by atoms with Gasteiger partial charge in [0.1, 0.15) is 5.75 Å². The second-order valence-electron chi connectivity index (χ2n) is 5.26. The summed E-state index contributed by atoms with van der Waals surface area (Å²) in [6.45, 7) is 4.74. The van der Waals surface area contributed by atoms with Crippen LogP contribution in [0.5, 0.6) is 5.75 Å². The highest BCUT2D eigenvalue weighted by atomic mass is 16.5. The predicted molar refractivity (Wildman–Crippen MR) is 89.8 cm³/mol. The summed E-state index contributed by atoms with van der Waals surface area (Å²) in [6, 6.07) is 9.24. The molecular weight excluding hydrogens is 292 g/mol. The summed E-state index contributed by atoms with van der Waals surface area (Å²) in [4.78, 5) is 11.7. The molecule has 1 aromatic heterocycles. The van der Waals surface area contributed by atoms with E-state index in [0.717, 1.165) is 30.0 Å². The number of aromatic nitrogens is 2. The topological polar surface area (TPSA) is 79.4 Å². The Morgan fingerprint density at radius 1 is 1.35 bits per heavy atom. The Labute approximate surface area is 135 Å². The van der Waals surface area contributed by atoms with E-state index in [2.05, 4.69) is 27.6 Å². The molecule has 0 radical (unpaired) electrons. The largest absolute Gasteiger partial charge is 0.494 e. The minimum atomic E-state index is -0.346. The highest BCUT2D eigenvalue weighted by Gasteiger charge is 2.07. The van der Waals surface area contributed by atoms with E-state index >= 15 is 0 Å². The van der Waals surface area contributed by atoms with E-state index in [-0.39, 0.29) is 5.91 Å². The van der Waals surface area contributed by atoms with Crippen LogP contribution in [-0.2, 0) is 0 Å². The summed E-state index contributed by atoms with van der Waals surface area (Å²) < 4.78 is 5.64. The molecule has 2 N–H and O–H groups in total. The number of hydrogen-bond donors (Lipinski definition) is 2. The van der Waals surface area contributed by atoms with E-state index < -0.39 is 0 Å². The van der Waals surface area contributed by atoms with Crippen LogP contribution in [0.1, 0.15) is 47.9 Å². The molecular formula is C17H22N4O2. The van der Waals surface area contributed by atoms with Gasteiger partial charge >= 0.3 is 0 Å². The number of benzene rings is 1. The molecule has 0 aliphatic rings. The molecule has 6 nitrogen and oxygen atoms in total. The number of aryl methyl sites for hydroxylation is 1. The summed E-state index contributed by atoms with van der Waals surface area (Å²) in [5.41, 5.74) is 4.46. The lowest BCUT2D eigenvalue weighted by Crippen LogP contribution is -2.17. The molecule has 122 valence electrons. The van der Waals surface area contributed by atoms with Crippen LogP contribution >= 0.6 is 0 Å². The predicted octanol–water partition coefficient (Wildman–Crippen LogP) is 3.05. The van der Waals surface area contributed by atoms with Gasteiger partial charge in [-0.1, -0.05) is 19.8 Å². The highest BCUT2D eigenvalue weighted by Crippen LogP contribution is 2.11. The van der Waals surface area contributed by atoms with Crippen LogP contribution < -0.4 is 10.2 Å². The van der Waals surface area contributed by atoms with Gasteiger partial charge in [-0.05, 0) is 49.2 Å². The lowest BCUT2D eigenvalue weighted by atomic mass is 10.2. The number of carbonyl (C=O) groups is 1. The molecule has 2 aromatic rings. The number of H-pyrrole nitrogens is 1. The summed E-state index contributed by atoms with van der Waals surface area (Å²) in [7, 11) is 0. The number of unbranched alkanes of at least 4 members (excludes halogenated alkanes) is 2. The van der Waals surface area contributed by atoms with E-state index in [9.17, 15) is 4.79 Å². The maximum atomic E-state index is 11.7. The molecule has 1 heterocycles. The van der Waals surface area contributed by atoms with Gasteiger partial charge in [-0.3, -0.25) is 9.89 Å². The normalized spacial score (nSPS) is 10.9. The SMILES string of the molecule is CCCCCOc1ccc(/C=N/NC(=O)c2cc(C)[nH]n2)cc1. The molecule has 23 heavy (non-hydrogen) atoms. The quantitative estimate of drug-likeness (QED) is 0.446. The maximum Gasteiger partial charge on any atom is 0.291 e. The van der Waals surface area contributed by atoms with Gasteiger partial charge in [-0.15, -0.1) is 0 Å². The van der Waals surface area contributed by atoms with E-state index in [4.69, 9.17) is 4.74 Å². The van der Waals surface area contributed by atoms with Gasteiger partial charge in [0.25, 0.3) is 5.91 Å².